The van der Waals surface area contributed by atoms with Crippen molar-refractivity contribution < 1.29 is 18.0 Å². The maximum Gasteiger partial charge on any atom is 0.151 e. The molecule has 4 nitrogen and oxygen atoms in total. The van der Waals surface area contributed by atoms with E-state index in [1.807, 2.05) is 0 Å². The summed E-state index contributed by atoms with van der Waals surface area (Å²) in [6.45, 7) is 0. The van der Waals surface area contributed by atoms with E-state index in [-0.39, 0.29) is 23.7 Å². The van der Waals surface area contributed by atoms with Gasteiger partial charge in [-0.25, -0.2) is 8.42 Å². The lowest BCUT2D eigenvalue weighted by Gasteiger charge is -2.19. The Balaban J connectivity index is 2.61. The third-order valence-corrected chi connectivity index (χ3v) is 4.02. The van der Waals surface area contributed by atoms with Crippen LogP contribution in [0.3, 0.4) is 0 Å². The van der Waals surface area contributed by atoms with Crippen molar-refractivity contribution in [3.8, 4) is 0 Å². The molecule has 1 aliphatic rings. The summed E-state index contributed by atoms with van der Waals surface area (Å²) >= 11 is 0. The van der Waals surface area contributed by atoms with E-state index in [0.717, 1.165) is 0 Å². The third-order valence-electron chi connectivity index (χ3n) is 2.20. The van der Waals surface area contributed by atoms with E-state index in [1.54, 1.807) is 0 Å². The second-order valence-electron chi connectivity index (χ2n) is 3.29. The molecular formula is C8H12O4S. The molecular weight excluding hydrogens is 192 g/mol. The average molecular weight is 204 g/mol. The van der Waals surface area contributed by atoms with Gasteiger partial charge in [-0.05, 0) is 12.8 Å². The molecule has 1 fully saturated rings. The fraction of sp³-hybridized carbons (Fsp3) is 0.750. The molecule has 1 saturated heterocycles. The summed E-state index contributed by atoms with van der Waals surface area (Å²) < 4.78 is 22.3. The maximum atomic E-state index is 11.2. The molecule has 0 amide bonds. The molecule has 0 aliphatic carbocycles. The van der Waals surface area contributed by atoms with Crippen molar-refractivity contribution in [1.82, 2.24) is 0 Å². The highest BCUT2D eigenvalue weighted by molar-refractivity contribution is 7.91. The van der Waals surface area contributed by atoms with Crippen LogP contribution < -0.4 is 0 Å². The summed E-state index contributed by atoms with van der Waals surface area (Å²) in [5.41, 5.74) is 0. The number of ketones is 1. The molecule has 0 spiro atoms. The van der Waals surface area contributed by atoms with Crippen LogP contribution in [0.4, 0.5) is 0 Å². The number of rotatable bonds is 3. The van der Waals surface area contributed by atoms with Crippen LogP contribution in [0, 0.1) is 5.92 Å². The lowest BCUT2D eigenvalue weighted by molar-refractivity contribution is -0.125. The molecule has 0 bridgehead atoms. The first-order chi connectivity index (χ1) is 6.05. The Morgan fingerprint density at radius 3 is 2.69 bits per heavy atom. The maximum absolute atomic E-state index is 11.2. The average Bonchev–Trinajstić information content (AvgIpc) is 2.03. The van der Waals surface area contributed by atoms with Crippen LogP contribution in [-0.2, 0) is 19.4 Å². The van der Waals surface area contributed by atoms with Crippen molar-refractivity contribution in [1.29, 1.82) is 0 Å². The molecule has 1 rings (SSSR count). The van der Waals surface area contributed by atoms with Crippen molar-refractivity contribution in [2.75, 3.05) is 11.5 Å². The van der Waals surface area contributed by atoms with Crippen molar-refractivity contribution in [2.45, 2.75) is 19.3 Å². The topological polar surface area (TPSA) is 68.3 Å². The third kappa shape index (κ3) is 2.91. The summed E-state index contributed by atoms with van der Waals surface area (Å²) in [6.07, 6.45) is 1.52. The van der Waals surface area contributed by atoms with Gasteiger partial charge < -0.3 is 4.79 Å². The lowest BCUT2D eigenvalue weighted by atomic mass is 9.99. The van der Waals surface area contributed by atoms with Crippen LogP contribution in [0.5, 0.6) is 0 Å². The molecule has 13 heavy (non-hydrogen) atoms. The smallest absolute Gasteiger partial charge is 0.151 e. The first-order valence-electron chi connectivity index (χ1n) is 4.22. The van der Waals surface area contributed by atoms with Crippen LogP contribution in [0.15, 0.2) is 0 Å². The predicted octanol–water partition coefficient (Wildman–Crippen LogP) is -0.0307. The van der Waals surface area contributed by atoms with E-state index in [0.29, 0.717) is 19.1 Å². The highest BCUT2D eigenvalue weighted by Crippen LogP contribution is 2.19. The molecule has 0 N–H and O–H groups in total. The Morgan fingerprint density at radius 1 is 1.46 bits per heavy atom. The van der Waals surface area contributed by atoms with Crippen molar-refractivity contribution in [2.24, 2.45) is 5.92 Å². The molecule has 74 valence electrons. The van der Waals surface area contributed by atoms with Gasteiger partial charge in [0, 0.05) is 5.92 Å². The quantitative estimate of drug-likeness (QED) is 0.478. The van der Waals surface area contributed by atoms with Crippen molar-refractivity contribution in [3.63, 3.8) is 0 Å². The van der Waals surface area contributed by atoms with Gasteiger partial charge in [0.15, 0.2) is 9.84 Å². The van der Waals surface area contributed by atoms with Gasteiger partial charge >= 0.3 is 0 Å². The van der Waals surface area contributed by atoms with Gasteiger partial charge in [-0.3, -0.25) is 4.79 Å². The second-order valence-corrected chi connectivity index (χ2v) is 5.52. The molecule has 1 unspecified atom stereocenters. The Labute approximate surface area is 77.2 Å². The SMILES string of the molecule is O=CCC(=O)C1CCCS(=O)(=O)C1. The minimum atomic E-state index is -3.03. The van der Waals surface area contributed by atoms with Gasteiger partial charge in [-0.1, -0.05) is 0 Å². The highest BCUT2D eigenvalue weighted by Gasteiger charge is 2.29. The molecule has 5 heteroatoms. The molecule has 1 aliphatic heterocycles. The van der Waals surface area contributed by atoms with Crippen molar-refractivity contribution >= 4 is 21.9 Å². The number of hydrogen-bond acceptors (Lipinski definition) is 4. The Kier molecular flexibility index (Phi) is 3.19. The summed E-state index contributed by atoms with van der Waals surface area (Å²) in [5, 5.41) is 0. The van der Waals surface area contributed by atoms with E-state index in [2.05, 4.69) is 0 Å². The van der Waals surface area contributed by atoms with E-state index in [1.165, 1.54) is 0 Å². The number of Topliss-reactive ketones (excluding diaryl/α,β-unsaturated/α-hetero) is 1. The molecule has 0 aromatic heterocycles. The molecule has 0 radical (unpaired) electrons. The Hall–Kier alpha value is -0.710. The van der Waals surface area contributed by atoms with E-state index < -0.39 is 15.8 Å². The minimum Gasteiger partial charge on any atom is -0.303 e. The summed E-state index contributed by atoms with van der Waals surface area (Å²) in [7, 11) is -3.03. The summed E-state index contributed by atoms with van der Waals surface area (Å²) in [6, 6.07) is 0. The zero-order valence-electron chi connectivity index (χ0n) is 7.23. The first kappa shape index (κ1) is 10.4. The molecule has 1 atom stereocenters. The Bertz CT molecular complexity index is 304. The van der Waals surface area contributed by atoms with Crippen LogP contribution >= 0.6 is 0 Å². The monoisotopic (exact) mass is 204 g/mol. The van der Waals surface area contributed by atoms with E-state index in [4.69, 9.17) is 0 Å². The molecule has 0 aromatic carbocycles. The standard InChI is InChI=1S/C8H12O4S/c9-4-3-8(10)7-2-1-5-13(11,12)6-7/h4,7H,1-3,5-6H2. The number of sulfone groups is 1. The van der Waals surface area contributed by atoms with Gasteiger partial charge in [0.2, 0.25) is 0 Å². The normalized spacial score (nSPS) is 26.6. The number of hydrogen-bond donors (Lipinski definition) is 0. The van der Waals surface area contributed by atoms with Gasteiger partial charge in [-0.15, -0.1) is 0 Å². The number of aldehydes is 1. The fourth-order valence-electron chi connectivity index (χ4n) is 1.53. The van der Waals surface area contributed by atoms with Crippen LogP contribution in [0.25, 0.3) is 0 Å². The van der Waals surface area contributed by atoms with Gasteiger partial charge in [0.1, 0.15) is 12.1 Å². The van der Waals surface area contributed by atoms with Gasteiger partial charge in [-0.2, -0.15) is 0 Å². The van der Waals surface area contributed by atoms with Crippen LogP contribution in [0.2, 0.25) is 0 Å². The van der Waals surface area contributed by atoms with Gasteiger partial charge in [0.25, 0.3) is 0 Å². The van der Waals surface area contributed by atoms with Crippen molar-refractivity contribution in [3.05, 3.63) is 0 Å². The van der Waals surface area contributed by atoms with Crippen LogP contribution in [-0.4, -0.2) is 32.0 Å². The molecule has 0 saturated carbocycles. The first-order valence-corrected chi connectivity index (χ1v) is 6.04. The second kappa shape index (κ2) is 4.00. The van der Waals surface area contributed by atoms with Crippen LogP contribution in [0.1, 0.15) is 19.3 Å². The molecule has 0 aromatic rings. The van der Waals surface area contributed by atoms with Gasteiger partial charge in [0.05, 0.1) is 17.9 Å². The summed E-state index contributed by atoms with van der Waals surface area (Å²) in [4.78, 5) is 21.2. The largest absolute Gasteiger partial charge is 0.303 e. The minimum absolute atomic E-state index is 0.0698. The molecule has 1 heterocycles. The lowest BCUT2D eigenvalue weighted by Crippen LogP contribution is -2.30. The van der Waals surface area contributed by atoms with E-state index >= 15 is 0 Å². The fourth-order valence-corrected chi connectivity index (χ4v) is 3.26. The summed E-state index contributed by atoms with van der Waals surface area (Å²) in [5.74, 6) is -0.570. The predicted molar refractivity (Wildman–Crippen MR) is 47.1 cm³/mol. The Morgan fingerprint density at radius 2 is 2.15 bits per heavy atom. The number of carbonyl (C=O) groups is 2. The zero-order valence-corrected chi connectivity index (χ0v) is 8.05. The number of carbonyl (C=O) groups excluding carboxylic acids is 2. The highest BCUT2D eigenvalue weighted by atomic mass is 32.2. The zero-order chi connectivity index (χ0) is 9.90. The van der Waals surface area contributed by atoms with E-state index in [9.17, 15) is 18.0 Å².